The van der Waals surface area contributed by atoms with E-state index in [-0.39, 0.29) is 22.4 Å². The highest BCUT2D eigenvalue weighted by Gasteiger charge is 2.18. The summed E-state index contributed by atoms with van der Waals surface area (Å²) in [4.78, 5) is 39.6. The van der Waals surface area contributed by atoms with Crippen LogP contribution in [0.2, 0.25) is 0 Å². The number of aryl methyl sites for hydroxylation is 1. The molecule has 1 atom stereocenters. The van der Waals surface area contributed by atoms with Crippen molar-refractivity contribution >= 4 is 46.9 Å². The van der Waals surface area contributed by atoms with Gasteiger partial charge in [-0.2, -0.15) is 0 Å². The molecule has 4 aromatic rings. The molecule has 0 radical (unpaired) electrons. The zero-order valence-corrected chi connectivity index (χ0v) is 23.7. The van der Waals surface area contributed by atoms with Crippen LogP contribution in [-0.4, -0.2) is 23.0 Å². The van der Waals surface area contributed by atoms with Crippen LogP contribution in [0.5, 0.6) is 0 Å². The van der Waals surface area contributed by atoms with E-state index in [1.54, 1.807) is 66.7 Å². The van der Waals surface area contributed by atoms with Gasteiger partial charge in [0, 0.05) is 27.4 Å². The Morgan fingerprint density at radius 1 is 0.805 bits per heavy atom. The van der Waals surface area contributed by atoms with Crippen LogP contribution in [0.3, 0.4) is 0 Å². The van der Waals surface area contributed by atoms with Gasteiger partial charge in [-0.1, -0.05) is 48.5 Å². The molecule has 41 heavy (non-hydrogen) atoms. The van der Waals surface area contributed by atoms with Crippen LogP contribution in [-0.2, 0) is 9.59 Å². The van der Waals surface area contributed by atoms with Gasteiger partial charge < -0.3 is 16.0 Å². The highest BCUT2D eigenvalue weighted by molar-refractivity contribution is 8.00. The third kappa shape index (κ3) is 7.93. The minimum Gasteiger partial charge on any atom is -0.325 e. The standard InChI is InChI=1S/C33H30FN3O3S/c1-21-10-9-15-29(22(21)2)36-31(38)23(3)41-27-18-16-26(17-19-27)35-33(40)30(20-25-13-7-8-14-28(25)34)37-32(39)24-11-5-4-6-12-24/h4-20,23H,1-3H3,(H,35,40)(H,36,38)(H,37,39)/b30-20-. The number of anilines is 2. The second-order valence-corrected chi connectivity index (χ2v) is 10.8. The first kappa shape index (κ1) is 29.3. The van der Waals surface area contributed by atoms with Crippen molar-refractivity contribution in [3.63, 3.8) is 0 Å². The Labute approximate surface area is 243 Å². The van der Waals surface area contributed by atoms with Crippen molar-refractivity contribution in [3.8, 4) is 0 Å². The molecule has 0 saturated carbocycles. The Bertz CT molecular complexity index is 1590. The molecule has 0 spiro atoms. The summed E-state index contributed by atoms with van der Waals surface area (Å²) in [6.45, 7) is 5.80. The van der Waals surface area contributed by atoms with Crippen LogP contribution in [0, 0.1) is 19.7 Å². The van der Waals surface area contributed by atoms with E-state index in [4.69, 9.17) is 0 Å². The molecule has 0 aromatic heterocycles. The first-order valence-corrected chi connectivity index (χ1v) is 13.9. The Kier molecular flexibility index (Phi) is 9.71. The number of carbonyl (C=O) groups excluding carboxylic acids is 3. The highest BCUT2D eigenvalue weighted by atomic mass is 32.2. The Hall–Kier alpha value is -4.69. The van der Waals surface area contributed by atoms with Gasteiger partial charge in [-0.05, 0) is 86.5 Å². The van der Waals surface area contributed by atoms with E-state index in [2.05, 4.69) is 16.0 Å². The summed E-state index contributed by atoms with van der Waals surface area (Å²) in [7, 11) is 0. The van der Waals surface area contributed by atoms with Gasteiger partial charge in [0.25, 0.3) is 11.8 Å². The molecule has 1 unspecified atom stereocenters. The SMILES string of the molecule is Cc1cccc(NC(=O)C(C)Sc2ccc(NC(=O)/C(=C/c3ccccc3F)NC(=O)c3ccccc3)cc2)c1C. The summed E-state index contributed by atoms with van der Waals surface area (Å²) in [5.74, 6) is -1.75. The van der Waals surface area contributed by atoms with E-state index in [1.165, 1.54) is 30.0 Å². The zero-order chi connectivity index (χ0) is 29.4. The molecule has 0 bridgehead atoms. The predicted octanol–water partition coefficient (Wildman–Crippen LogP) is 6.97. The van der Waals surface area contributed by atoms with Crippen molar-refractivity contribution in [2.45, 2.75) is 30.9 Å². The molecule has 0 heterocycles. The first-order valence-electron chi connectivity index (χ1n) is 13.0. The van der Waals surface area contributed by atoms with E-state index in [0.29, 0.717) is 11.3 Å². The average Bonchev–Trinajstić information content (AvgIpc) is 2.97. The lowest BCUT2D eigenvalue weighted by Gasteiger charge is -2.15. The maximum Gasteiger partial charge on any atom is 0.272 e. The quantitative estimate of drug-likeness (QED) is 0.151. The van der Waals surface area contributed by atoms with Crippen molar-refractivity contribution in [2.24, 2.45) is 0 Å². The maximum atomic E-state index is 14.3. The van der Waals surface area contributed by atoms with Gasteiger partial charge in [-0.25, -0.2) is 4.39 Å². The minimum absolute atomic E-state index is 0.112. The van der Waals surface area contributed by atoms with Gasteiger partial charge in [0.05, 0.1) is 5.25 Å². The third-order valence-corrected chi connectivity index (χ3v) is 7.50. The topological polar surface area (TPSA) is 87.3 Å². The molecular formula is C33H30FN3O3S. The normalized spacial score (nSPS) is 11.9. The monoisotopic (exact) mass is 567 g/mol. The molecule has 0 aliphatic carbocycles. The molecule has 0 saturated heterocycles. The fourth-order valence-electron chi connectivity index (χ4n) is 3.88. The van der Waals surface area contributed by atoms with Crippen LogP contribution >= 0.6 is 11.8 Å². The number of carbonyl (C=O) groups is 3. The first-order chi connectivity index (χ1) is 19.7. The van der Waals surface area contributed by atoms with E-state index in [1.807, 2.05) is 39.0 Å². The zero-order valence-electron chi connectivity index (χ0n) is 22.9. The highest BCUT2D eigenvalue weighted by Crippen LogP contribution is 2.27. The van der Waals surface area contributed by atoms with Crippen molar-refractivity contribution in [2.75, 3.05) is 10.6 Å². The van der Waals surface area contributed by atoms with Crippen LogP contribution in [0.4, 0.5) is 15.8 Å². The van der Waals surface area contributed by atoms with Crippen LogP contribution in [0.15, 0.2) is 108 Å². The Morgan fingerprint density at radius 3 is 2.20 bits per heavy atom. The van der Waals surface area contributed by atoms with Crippen molar-refractivity contribution in [1.82, 2.24) is 5.32 Å². The summed E-state index contributed by atoms with van der Waals surface area (Å²) in [6, 6.07) is 27.2. The van der Waals surface area contributed by atoms with Gasteiger partial charge in [0.1, 0.15) is 11.5 Å². The smallest absolute Gasteiger partial charge is 0.272 e. The fourth-order valence-corrected chi connectivity index (χ4v) is 4.75. The van der Waals surface area contributed by atoms with Crippen LogP contribution in [0.25, 0.3) is 6.08 Å². The molecular weight excluding hydrogens is 537 g/mol. The molecule has 3 amide bonds. The third-order valence-electron chi connectivity index (χ3n) is 6.39. The number of rotatable bonds is 9. The number of halogens is 1. The van der Waals surface area contributed by atoms with E-state index in [0.717, 1.165) is 21.7 Å². The summed E-state index contributed by atoms with van der Waals surface area (Å²) in [6.07, 6.45) is 1.30. The molecule has 4 aromatic carbocycles. The van der Waals surface area contributed by atoms with Crippen LogP contribution < -0.4 is 16.0 Å². The molecule has 0 aliphatic rings. The maximum absolute atomic E-state index is 14.3. The molecule has 0 fully saturated rings. The van der Waals surface area contributed by atoms with Crippen molar-refractivity contribution in [3.05, 3.63) is 131 Å². The molecule has 6 nitrogen and oxygen atoms in total. The summed E-state index contributed by atoms with van der Waals surface area (Å²) in [5, 5.41) is 7.98. The van der Waals surface area contributed by atoms with Crippen molar-refractivity contribution in [1.29, 1.82) is 0 Å². The van der Waals surface area contributed by atoms with Crippen LogP contribution in [0.1, 0.15) is 34.0 Å². The predicted molar refractivity (Wildman–Crippen MR) is 163 cm³/mol. The summed E-state index contributed by atoms with van der Waals surface area (Å²) >= 11 is 1.39. The lowest BCUT2D eigenvalue weighted by atomic mass is 10.1. The molecule has 3 N–H and O–H groups in total. The molecule has 0 aliphatic heterocycles. The fraction of sp³-hybridized carbons (Fsp3) is 0.121. The van der Waals surface area contributed by atoms with Gasteiger partial charge in [-0.15, -0.1) is 11.8 Å². The van der Waals surface area contributed by atoms with Gasteiger partial charge in [0.2, 0.25) is 5.91 Å². The van der Waals surface area contributed by atoms with Gasteiger partial charge in [0.15, 0.2) is 0 Å². The average molecular weight is 568 g/mol. The number of thioether (sulfide) groups is 1. The lowest BCUT2D eigenvalue weighted by Crippen LogP contribution is -2.30. The second-order valence-electron chi connectivity index (χ2n) is 9.37. The number of nitrogens with one attached hydrogen (secondary N) is 3. The van der Waals surface area contributed by atoms with Gasteiger partial charge in [-0.3, -0.25) is 14.4 Å². The minimum atomic E-state index is -0.612. The van der Waals surface area contributed by atoms with Crippen molar-refractivity contribution < 1.29 is 18.8 Å². The lowest BCUT2D eigenvalue weighted by molar-refractivity contribution is -0.115. The molecule has 208 valence electrons. The van der Waals surface area contributed by atoms with E-state index >= 15 is 0 Å². The number of benzene rings is 4. The number of amides is 3. The largest absolute Gasteiger partial charge is 0.325 e. The Balaban J connectivity index is 1.44. The Morgan fingerprint density at radius 2 is 1.49 bits per heavy atom. The van der Waals surface area contributed by atoms with Gasteiger partial charge >= 0.3 is 0 Å². The second kappa shape index (κ2) is 13.6. The van der Waals surface area contributed by atoms with E-state index in [9.17, 15) is 18.8 Å². The summed E-state index contributed by atoms with van der Waals surface area (Å²) < 4.78 is 14.3. The number of hydrogen-bond donors (Lipinski definition) is 3. The number of hydrogen-bond acceptors (Lipinski definition) is 4. The summed E-state index contributed by atoms with van der Waals surface area (Å²) in [5.41, 5.74) is 3.80. The molecule has 8 heteroatoms. The van der Waals surface area contributed by atoms with E-state index < -0.39 is 17.6 Å². The molecule has 4 rings (SSSR count).